The Balaban J connectivity index is 1.55. The number of phenolic OH excluding ortho intramolecular Hbond substituents is 1. The van der Waals surface area contributed by atoms with Crippen molar-refractivity contribution in [3.63, 3.8) is 0 Å². The van der Waals surface area contributed by atoms with Gasteiger partial charge in [0.2, 0.25) is 0 Å². The smallest absolute Gasteiger partial charge is 0.257 e. The Morgan fingerprint density at radius 2 is 1.69 bits per heavy atom. The molecule has 2 aromatic carbocycles. The molecule has 36 heavy (non-hydrogen) atoms. The van der Waals surface area contributed by atoms with Gasteiger partial charge in [-0.1, -0.05) is 55.5 Å². The molecule has 0 aromatic heterocycles. The highest BCUT2D eigenvalue weighted by molar-refractivity contribution is 6.20. The van der Waals surface area contributed by atoms with Crippen LogP contribution in [0, 0.1) is 5.92 Å². The van der Waals surface area contributed by atoms with Gasteiger partial charge in [-0.3, -0.25) is 19.7 Å². The summed E-state index contributed by atoms with van der Waals surface area (Å²) >= 11 is 0. The number of rotatable bonds is 7. The van der Waals surface area contributed by atoms with Crippen molar-refractivity contribution in [3.8, 4) is 5.75 Å². The van der Waals surface area contributed by atoms with E-state index in [0.29, 0.717) is 12.8 Å². The minimum Gasteiger partial charge on any atom is -0.508 e. The first kappa shape index (κ1) is 23.8. The summed E-state index contributed by atoms with van der Waals surface area (Å²) in [6.45, 7) is 4.09. The summed E-state index contributed by atoms with van der Waals surface area (Å²) in [6.07, 6.45) is 8.14. The van der Waals surface area contributed by atoms with Crippen LogP contribution in [0.2, 0.25) is 0 Å². The molecule has 2 aromatic rings. The van der Waals surface area contributed by atoms with E-state index in [9.17, 15) is 9.90 Å². The van der Waals surface area contributed by atoms with Gasteiger partial charge >= 0.3 is 0 Å². The van der Waals surface area contributed by atoms with E-state index < -0.39 is 6.04 Å². The number of carbonyl (C=O) groups excluding carboxylic acids is 1. The Hall–Kier alpha value is -3.93. The van der Waals surface area contributed by atoms with E-state index >= 15 is 0 Å². The van der Waals surface area contributed by atoms with Crippen LogP contribution in [-0.4, -0.2) is 46.7 Å². The number of nitrogens with zero attached hydrogens (tertiary/aromatic N) is 3. The van der Waals surface area contributed by atoms with E-state index in [4.69, 9.17) is 14.7 Å². The summed E-state index contributed by atoms with van der Waals surface area (Å²) in [4.78, 5) is 25.8. The SMILES string of the molecule is CCC1C(/C=C(\C)OC)=CC=C2C1=NC(Cc1ccccc1)C1=NC(Cc3ccc(O)cc3)C(=O)N21. The van der Waals surface area contributed by atoms with Crippen molar-refractivity contribution in [3.05, 3.63) is 101 Å². The number of phenols is 1. The zero-order valence-electron chi connectivity index (χ0n) is 20.9. The van der Waals surface area contributed by atoms with E-state index in [-0.39, 0.29) is 23.6 Å². The second kappa shape index (κ2) is 9.97. The second-order valence-corrected chi connectivity index (χ2v) is 9.41. The van der Waals surface area contributed by atoms with Crippen LogP contribution >= 0.6 is 0 Å². The van der Waals surface area contributed by atoms with Gasteiger partial charge in [-0.25, -0.2) is 0 Å². The van der Waals surface area contributed by atoms with Gasteiger partial charge in [0.05, 0.1) is 24.3 Å². The van der Waals surface area contributed by atoms with Crippen molar-refractivity contribution >= 4 is 17.5 Å². The average Bonchev–Trinajstić information content (AvgIpc) is 3.22. The molecule has 0 fully saturated rings. The Labute approximate surface area is 212 Å². The number of methoxy groups -OCH3 is 1. The quantitative estimate of drug-likeness (QED) is 0.565. The highest BCUT2D eigenvalue weighted by Gasteiger charge is 2.45. The Morgan fingerprint density at radius 1 is 1.00 bits per heavy atom. The summed E-state index contributed by atoms with van der Waals surface area (Å²) in [5, 5.41) is 9.64. The molecule has 3 aliphatic rings. The number of hydrogen-bond donors (Lipinski definition) is 1. The van der Waals surface area contributed by atoms with Crippen LogP contribution in [0.25, 0.3) is 0 Å². The summed E-state index contributed by atoms with van der Waals surface area (Å²) in [7, 11) is 1.67. The first-order chi connectivity index (χ1) is 17.5. The maximum atomic E-state index is 13.8. The summed E-state index contributed by atoms with van der Waals surface area (Å²) in [5.74, 6) is 1.81. The number of benzene rings is 2. The lowest BCUT2D eigenvalue weighted by atomic mass is 9.83. The molecule has 6 heteroatoms. The third-order valence-corrected chi connectivity index (χ3v) is 7.02. The van der Waals surface area contributed by atoms with Crippen molar-refractivity contribution in [1.82, 2.24) is 4.90 Å². The van der Waals surface area contributed by atoms with Crippen molar-refractivity contribution in [2.45, 2.75) is 45.2 Å². The molecule has 6 nitrogen and oxygen atoms in total. The van der Waals surface area contributed by atoms with Crippen molar-refractivity contribution in [1.29, 1.82) is 0 Å². The third kappa shape index (κ3) is 4.51. The zero-order chi connectivity index (χ0) is 25.2. The van der Waals surface area contributed by atoms with E-state index in [1.54, 1.807) is 19.2 Å². The molecule has 0 saturated carbocycles. The molecule has 5 rings (SSSR count). The predicted molar refractivity (Wildman–Crippen MR) is 142 cm³/mol. The van der Waals surface area contributed by atoms with Crippen LogP contribution in [0.1, 0.15) is 31.4 Å². The number of amidine groups is 1. The summed E-state index contributed by atoms with van der Waals surface area (Å²) in [5.41, 5.74) is 5.02. The molecule has 1 amide bonds. The molecule has 2 aliphatic heterocycles. The minimum absolute atomic E-state index is 0.0231. The number of allylic oxidation sites excluding steroid dienone is 6. The number of aliphatic imine (C=N–C) groups is 2. The molecule has 1 N–H and O–H groups in total. The zero-order valence-corrected chi connectivity index (χ0v) is 20.9. The van der Waals surface area contributed by atoms with Crippen LogP contribution < -0.4 is 0 Å². The first-order valence-corrected chi connectivity index (χ1v) is 12.4. The highest BCUT2D eigenvalue weighted by atomic mass is 16.5. The molecule has 0 spiro atoms. The predicted octanol–water partition coefficient (Wildman–Crippen LogP) is 5.01. The van der Waals surface area contributed by atoms with E-state index in [2.05, 4.69) is 31.2 Å². The molecule has 184 valence electrons. The second-order valence-electron chi connectivity index (χ2n) is 9.41. The van der Waals surface area contributed by atoms with Gasteiger partial charge in [-0.15, -0.1) is 0 Å². The number of fused-ring (bicyclic) bond motifs is 3. The van der Waals surface area contributed by atoms with Crippen molar-refractivity contribution in [2.24, 2.45) is 15.9 Å². The average molecular weight is 482 g/mol. The van der Waals surface area contributed by atoms with Gasteiger partial charge in [0.25, 0.3) is 5.91 Å². The monoisotopic (exact) mass is 481 g/mol. The molecular formula is C30H31N3O3. The minimum atomic E-state index is -0.514. The molecule has 2 heterocycles. The Morgan fingerprint density at radius 3 is 2.39 bits per heavy atom. The lowest BCUT2D eigenvalue weighted by Crippen LogP contribution is -2.48. The highest BCUT2D eigenvalue weighted by Crippen LogP contribution is 2.36. The molecule has 0 bridgehead atoms. The van der Waals surface area contributed by atoms with Gasteiger partial charge in [-0.05, 0) is 54.3 Å². The largest absolute Gasteiger partial charge is 0.508 e. The number of ether oxygens (including phenoxy) is 1. The maximum Gasteiger partial charge on any atom is 0.257 e. The molecule has 3 atom stereocenters. The molecule has 0 radical (unpaired) electrons. The van der Waals surface area contributed by atoms with Gasteiger partial charge in [0.1, 0.15) is 23.7 Å². The maximum absolute atomic E-state index is 13.8. The normalized spacial score (nSPS) is 23.3. The van der Waals surface area contributed by atoms with Crippen LogP contribution in [0.5, 0.6) is 5.75 Å². The van der Waals surface area contributed by atoms with Crippen LogP contribution in [0.4, 0.5) is 0 Å². The van der Waals surface area contributed by atoms with Gasteiger partial charge in [0.15, 0.2) is 0 Å². The summed E-state index contributed by atoms with van der Waals surface area (Å²) < 4.78 is 5.41. The first-order valence-electron chi connectivity index (χ1n) is 12.4. The lowest BCUT2D eigenvalue weighted by Gasteiger charge is -2.36. The molecule has 1 aliphatic carbocycles. The van der Waals surface area contributed by atoms with Crippen LogP contribution in [0.3, 0.4) is 0 Å². The molecule has 3 unspecified atom stereocenters. The van der Waals surface area contributed by atoms with Crippen LogP contribution in [-0.2, 0) is 22.4 Å². The van der Waals surface area contributed by atoms with Gasteiger partial charge in [-0.2, -0.15) is 0 Å². The van der Waals surface area contributed by atoms with Gasteiger partial charge < -0.3 is 9.84 Å². The number of aromatic hydroxyl groups is 1. The fourth-order valence-electron chi connectivity index (χ4n) is 5.13. The topological polar surface area (TPSA) is 74.5 Å². The van der Waals surface area contributed by atoms with E-state index in [0.717, 1.165) is 46.1 Å². The number of hydrogen-bond acceptors (Lipinski definition) is 5. The standard InChI is InChI=1S/C30H31N3O3/c1-4-24-22(16-19(2)36-3)12-15-27-28(24)31-25(17-20-8-6-5-7-9-20)29-32-26(30(35)33(27)29)18-21-10-13-23(34)14-11-21/h5-16,24-26,34H,4,17-18H2,1-3H3/b19-16+. The Bertz CT molecular complexity index is 1300. The third-order valence-electron chi connectivity index (χ3n) is 7.02. The van der Waals surface area contributed by atoms with E-state index in [1.165, 1.54) is 0 Å². The molecule has 0 saturated heterocycles. The van der Waals surface area contributed by atoms with E-state index in [1.807, 2.05) is 48.2 Å². The van der Waals surface area contributed by atoms with Crippen molar-refractivity contribution in [2.75, 3.05) is 7.11 Å². The summed E-state index contributed by atoms with van der Waals surface area (Å²) in [6, 6.07) is 16.5. The van der Waals surface area contributed by atoms with Crippen LogP contribution in [0.15, 0.2) is 99.8 Å². The fraction of sp³-hybridized carbons (Fsp3) is 0.300. The fourth-order valence-corrected chi connectivity index (χ4v) is 5.13. The number of amides is 1. The van der Waals surface area contributed by atoms with Crippen molar-refractivity contribution < 1.29 is 14.6 Å². The number of carbonyl (C=O) groups is 1. The van der Waals surface area contributed by atoms with Gasteiger partial charge in [0, 0.05) is 18.8 Å². The molecular weight excluding hydrogens is 450 g/mol. The Kier molecular flexibility index (Phi) is 6.59. The lowest BCUT2D eigenvalue weighted by molar-refractivity contribution is -0.125.